The molecule has 0 unspecified atom stereocenters. The van der Waals surface area contributed by atoms with Crippen LogP contribution in [0.25, 0.3) is 0 Å². The summed E-state index contributed by atoms with van der Waals surface area (Å²) in [6.45, 7) is 0. The van der Waals surface area contributed by atoms with Gasteiger partial charge in [0, 0.05) is 20.6 Å². The number of hydrogen-bond donors (Lipinski definition) is 1. The van der Waals surface area contributed by atoms with E-state index in [9.17, 15) is 9.90 Å². The summed E-state index contributed by atoms with van der Waals surface area (Å²) >= 11 is 0. The molecule has 0 radical (unpaired) electrons. The van der Waals surface area contributed by atoms with Crippen LogP contribution in [0.1, 0.15) is 53.4 Å². The van der Waals surface area contributed by atoms with Crippen LogP contribution >= 0.6 is 0 Å². The molecule has 3 aliphatic heterocycles. The van der Waals surface area contributed by atoms with Crippen molar-refractivity contribution in [1.82, 2.24) is 0 Å². The van der Waals surface area contributed by atoms with Crippen LogP contribution in [0, 0.1) is 0 Å². The molecule has 10 nitrogen and oxygen atoms in total. The molecule has 0 saturated heterocycles. The van der Waals surface area contributed by atoms with E-state index in [-0.39, 0.29) is 45.7 Å². The summed E-state index contributed by atoms with van der Waals surface area (Å²) in [5.41, 5.74) is 0.851. The molecule has 3 heterocycles. The molecule has 1 N–H and O–H groups in total. The maximum Gasteiger partial charge on any atom is 0.283 e. The number of carbonyl (C=O) groups excluding carboxylic acids is 1. The fourth-order valence-electron chi connectivity index (χ4n) is 7.23. The zero-order chi connectivity index (χ0) is 31.5. The molecule has 7 rings (SSSR count). The Morgan fingerprint density at radius 1 is 0.844 bits per heavy atom. The Kier molecular flexibility index (Phi) is 7.03. The van der Waals surface area contributed by atoms with E-state index in [1.165, 1.54) is 28.4 Å². The maximum absolute atomic E-state index is 14.1. The van der Waals surface area contributed by atoms with Gasteiger partial charge in [0.1, 0.15) is 11.9 Å². The molecule has 3 aromatic rings. The maximum atomic E-state index is 14.1. The third-order valence-electron chi connectivity index (χ3n) is 9.17. The van der Waals surface area contributed by atoms with Gasteiger partial charge in [-0.25, -0.2) is 0 Å². The summed E-state index contributed by atoms with van der Waals surface area (Å²) in [5.74, 6) is -2.35. The number of rotatable bonds is 7. The first-order valence-corrected chi connectivity index (χ1v) is 14.7. The highest BCUT2D eigenvalue weighted by molar-refractivity contribution is 6.11. The summed E-state index contributed by atoms with van der Waals surface area (Å²) in [7, 11) is 7.27. The van der Waals surface area contributed by atoms with E-state index in [1.807, 2.05) is 60.7 Å². The van der Waals surface area contributed by atoms with Gasteiger partial charge in [0.25, 0.3) is 5.79 Å². The Labute approximate surface area is 260 Å². The molecule has 5 atom stereocenters. The van der Waals surface area contributed by atoms with E-state index in [2.05, 4.69) is 0 Å². The van der Waals surface area contributed by atoms with Gasteiger partial charge in [-0.3, -0.25) is 4.79 Å². The van der Waals surface area contributed by atoms with Gasteiger partial charge in [-0.15, -0.1) is 0 Å². The number of hydrogen-bond acceptors (Lipinski definition) is 10. The first-order chi connectivity index (χ1) is 21.9. The lowest BCUT2D eigenvalue weighted by Gasteiger charge is -2.49. The molecule has 234 valence electrons. The summed E-state index contributed by atoms with van der Waals surface area (Å²) in [5, 5.41) is 11.9. The molecular weight excluding hydrogens is 580 g/mol. The molecule has 0 saturated carbocycles. The molecule has 0 fully saturated rings. The number of ether oxygens (including phenoxy) is 8. The van der Waals surface area contributed by atoms with Crippen LogP contribution in [-0.4, -0.2) is 52.2 Å². The third-order valence-corrected chi connectivity index (χ3v) is 9.17. The van der Waals surface area contributed by atoms with E-state index in [1.54, 1.807) is 13.2 Å². The van der Waals surface area contributed by atoms with Crippen molar-refractivity contribution in [3.63, 3.8) is 0 Å². The van der Waals surface area contributed by atoms with Gasteiger partial charge in [-0.05, 0) is 17.5 Å². The van der Waals surface area contributed by atoms with Crippen LogP contribution in [0.5, 0.6) is 23.0 Å². The standard InChI is InChI=1S/C35H34O10/c1-38-24-18-23(20-14-10-7-11-15-20)43-30-25(24)29-26(31(39-2)28(30)37)34(42-5)33(41-4)32(40-3)27(36)21-16-17-22(44-35(21,34)45-29)19-12-8-6-9-13-19/h6-16,22-24,37H,17-18H2,1-5H3/t22-,23-,24+,34+,35-/m1/s1. The molecule has 45 heavy (non-hydrogen) atoms. The first kappa shape index (κ1) is 29.2. The van der Waals surface area contributed by atoms with Gasteiger partial charge in [-0.2, -0.15) is 0 Å². The van der Waals surface area contributed by atoms with Crippen molar-refractivity contribution in [1.29, 1.82) is 0 Å². The second-order valence-corrected chi connectivity index (χ2v) is 11.2. The van der Waals surface area contributed by atoms with Gasteiger partial charge in [0.15, 0.2) is 17.3 Å². The highest BCUT2D eigenvalue weighted by atomic mass is 16.7. The second-order valence-electron chi connectivity index (χ2n) is 11.2. The Hall–Kier alpha value is -4.51. The smallest absolute Gasteiger partial charge is 0.283 e. The van der Waals surface area contributed by atoms with Crippen LogP contribution in [0.2, 0.25) is 0 Å². The molecule has 0 aromatic heterocycles. The van der Waals surface area contributed by atoms with E-state index in [0.29, 0.717) is 18.4 Å². The zero-order valence-corrected chi connectivity index (χ0v) is 25.6. The molecule has 3 aromatic carbocycles. The number of allylic oxidation sites excluding steroid dienone is 1. The van der Waals surface area contributed by atoms with E-state index >= 15 is 0 Å². The normalized spacial score (nSPS) is 28.1. The molecule has 0 amide bonds. The Morgan fingerprint density at radius 2 is 1.51 bits per heavy atom. The van der Waals surface area contributed by atoms with E-state index < -0.39 is 35.5 Å². The van der Waals surface area contributed by atoms with Crippen molar-refractivity contribution in [3.05, 3.63) is 106 Å². The number of Topliss-reactive ketones (excluding diaryl/α,β-unsaturated/α-hetero) is 1. The summed E-state index contributed by atoms with van der Waals surface area (Å²) in [6, 6.07) is 19.3. The largest absolute Gasteiger partial charge is 0.502 e. The number of methoxy groups -OCH3 is 5. The van der Waals surface area contributed by atoms with Crippen LogP contribution in [0.4, 0.5) is 0 Å². The average Bonchev–Trinajstić information content (AvgIpc) is 3.37. The fourth-order valence-corrected chi connectivity index (χ4v) is 7.23. The van der Waals surface area contributed by atoms with Crippen molar-refractivity contribution in [3.8, 4) is 23.0 Å². The minimum Gasteiger partial charge on any atom is -0.502 e. The summed E-state index contributed by atoms with van der Waals surface area (Å²) in [4.78, 5) is 14.1. The van der Waals surface area contributed by atoms with Crippen molar-refractivity contribution >= 4 is 5.78 Å². The van der Waals surface area contributed by atoms with Crippen LogP contribution < -0.4 is 14.2 Å². The highest BCUT2D eigenvalue weighted by Crippen LogP contribution is 2.70. The summed E-state index contributed by atoms with van der Waals surface area (Å²) in [6.07, 6.45) is 1.03. The minimum atomic E-state index is -1.91. The Balaban J connectivity index is 1.53. The number of aromatic hydroxyl groups is 1. The van der Waals surface area contributed by atoms with Crippen LogP contribution in [0.3, 0.4) is 0 Å². The van der Waals surface area contributed by atoms with Gasteiger partial charge in [-0.1, -0.05) is 66.7 Å². The summed E-state index contributed by atoms with van der Waals surface area (Å²) < 4.78 is 50.3. The van der Waals surface area contributed by atoms with Crippen LogP contribution in [-0.2, 0) is 34.1 Å². The van der Waals surface area contributed by atoms with Gasteiger partial charge in [0.2, 0.25) is 22.9 Å². The molecule has 1 aliphatic carbocycles. The molecular formula is C35H34O10. The molecule has 0 bridgehead atoms. The van der Waals surface area contributed by atoms with Gasteiger partial charge in [0.05, 0.1) is 50.2 Å². The first-order valence-electron chi connectivity index (χ1n) is 14.7. The third kappa shape index (κ3) is 3.82. The SMILES string of the molecule is COC1=C(OC)[C@@]2(OC)c3c(OC)c(O)c4c(c3O[C@@]23O[C@@H](c2ccccc2)CC=C3C1=O)[C@@H](OC)C[C@H](c1ccccc1)O4. The molecule has 4 aliphatic rings. The molecule has 1 spiro atoms. The number of phenols is 1. The van der Waals surface area contributed by atoms with Crippen molar-refractivity contribution < 1.29 is 47.8 Å². The zero-order valence-electron chi connectivity index (χ0n) is 25.6. The van der Waals surface area contributed by atoms with Crippen molar-refractivity contribution in [2.24, 2.45) is 0 Å². The van der Waals surface area contributed by atoms with Gasteiger partial charge >= 0.3 is 0 Å². The van der Waals surface area contributed by atoms with Gasteiger partial charge < -0.3 is 43.0 Å². The fraction of sp³-hybridized carbons (Fsp3) is 0.343. The van der Waals surface area contributed by atoms with Crippen molar-refractivity contribution in [2.75, 3.05) is 35.5 Å². The number of carbonyl (C=O) groups is 1. The van der Waals surface area contributed by atoms with E-state index in [0.717, 1.165) is 11.1 Å². The number of phenolic OH excluding ortho intramolecular Hbond substituents is 1. The second kappa shape index (κ2) is 10.8. The Morgan fingerprint density at radius 3 is 2.09 bits per heavy atom. The minimum absolute atomic E-state index is 0.00705. The molecule has 10 heteroatoms. The number of benzene rings is 3. The Bertz CT molecular complexity index is 1720. The van der Waals surface area contributed by atoms with E-state index in [4.69, 9.17) is 37.9 Å². The lowest BCUT2D eigenvalue weighted by molar-refractivity contribution is -0.281. The predicted octanol–water partition coefficient (Wildman–Crippen LogP) is 5.72. The quantitative estimate of drug-likeness (QED) is 0.355. The topological polar surface area (TPSA) is 111 Å². The van der Waals surface area contributed by atoms with Crippen LogP contribution in [0.15, 0.2) is 83.8 Å². The predicted molar refractivity (Wildman–Crippen MR) is 160 cm³/mol. The lowest BCUT2D eigenvalue weighted by atomic mass is 9.72. The number of fused-ring (bicyclic) bond motifs is 4. The lowest BCUT2D eigenvalue weighted by Crippen LogP contribution is -2.63. The highest BCUT2D eigenvalue weighted by Gasteiger charge is 2.76. The number of ketones is 1. The monoisotopic (exact) mass is 614 g/mol. The average molecular weight is 615 g/mol. The van der Waals surface area contributed by atoms with Crippen molar-refractivity contribution in [2.45, 2.75) is 42.5 Å².